The average Bonchev–Trinajstić information content (AvgIpc) is 2.54. The Balaban J connectivity index is 2.27. The predicted molar refractivity (Wildman–Crippen MR) is 59.1 cm³/mol. The lowest BCUT2D eigenvalue weighted by atomic mass is 10.0. The monoisotopic (exact) mass is 179 g/mol. The third-order valence-corrected chi connectivity index (χ3v) is 2.77. The van der Waals surface area contributed by atoms with Crippen LogP contribution in [0, 0.1) is 13.3 Å². The van der Waals surface area contributed by atoms with Crippen LogP contribution in [-0.2, 0) is 0 Å². The number of hydrogen-bond acceptors (Lipinski definition) is 0. The Kier molecular flexibility index (Phi) is 1.51. The molecule has 0 aliphatic heterocycles. The molecule has 67 valence electrons. The summed E-state index contributed by atoms with van der Waals surface area (Å²) < 4.78 is 0. The van der Waals surface area contributed by atoms with Crippen molar-refractivity contribution >= 4 is 0 Å². The summed E-state index contributed by atoms with van der Waals surface area (Å²) in [6, 6.07) is 15.2. The van der Waals surface area contributed by atoms with Gasteiger partial charge in [-0.3, -0.25) is 0 Å². The second kappa shape index (κ2) is 2.71. The second-order valence-electron chi connectivity index (χ2n) is 3.82. The highest BCUT2D eigenvalue weighted by molar-refractivity contribution is 5.81. The quantitative estimate of drug-likeness (QED) is 0.495. The molecule has 1 radical (unpaired) electrons. The number of fused-ring (bicyclic) bond motifs is 3. The zero-order valence-electron chi connectivity index (χ0n) is 8.12. The molecule has 1 aliphatic carbocycles. The topological polar surface area (TPSA) is 0 Å². The summed E-state index contributed by atoms with van der Waals surface area (Å²) in [6.45, 7) is 2.14. The van der Waals surface area contributed by atoms with Gasteiger partial charge < -0.3 is 0 Å². The molecule has 3 rings (SSSR count). The Morgan fingerprint density at radius 2 is 1.57 bits per heavy atom. The average molecular weight is 179 g/mol. The first-order chi connectivity index (χ1) is 6.84. The van der Waals surface area contributed by atoms with Gasteiger partial charge in [0, 0.05) is 6.42 Å². The van der Waals surface area contributed by atoms with E-state index < -0.39 is 0 Å². The van der Waals surface area contributed by atoms with Crippen molar-refractivity contribution < 1.29 is 0 Å². The number of rotatable bonds is 0. The van der Waals surface area contributed by atoms with Gasteiger partial charge in [0.05, 0.1) is 0 Å². The van der Waals surface area contributed by atoms with Gasteiger partial charge in [-0.15, -0.1) is 0 Å². The van der Waals surface area contributed by atoms with E-state index >= 15 is 0 Å². The van der Waals surface area contributed by atoms with Crippen LogP contribution in [0.25, 0.3) is 11.1 Å². The van der Waals surface area contributed by atoms with Gasteiger partial charge in [0.25, 0.3) is 0 Å². The molecule has 0 bridgehead atoms. The van der Waals surface area contributed by atoms with Crippen molar-refractivity contribution in [2.75, 3.05) is 0 Å². The summed E-state index contributed by atoms with van der Waals surface area (Å²) in [5.41, 5.74) is 6.75. The number of aryl methyl sites for hydroxylation is 1. The van der Waals surface area contributed by atoms with E-state index in [1.54, 1.807) is 0 Å². The molecule has 0 heteroatoms. The number of benzene rings is 2. The van der Waals surface area contributed by atoms with Crippen LogP contribution in [0.15, 0.2) is 42.5 Å². The highest BCUT2D eigenvalue weighted by atomic mass is 14.2. The molecule has 14 heavy (non-hydrogen) atoms. The van der Waals surface area contributed by atoms with Crippen LogP contribution in [0.2, 0.25) is 0 Å². The Labute approximate surface area is 84.2 Å². The van der Waals surface area contributed by atoms with E-state index in [-0.39, 0.29) is 0 Å². The molecule has 0 saturated heterocycles. The Morgan fingerprint density at radius 1 is 0.786 bits per heavy atom. The molecule has 0 nitrogen and oxygen atoms in total. The van der Waals surface area contributed by atoms with Crippen molar-refractivity contribution in [3.63, 3.8) is 0 Å². The van der Waals surface area contributed by atoms with Gasteiger partial charge in [0.15, 0.2) is 0 Å². The Hall–Kier alpha value is -1.56. The van der Waals surface area contributed by atoms with Gasteiger partial charge in [-0.05, 0) is 29.2 Å². The standard InChI is InChI=1S/C14H11/c1-10-6-7-14-12(8-10)9-11-4-2-3-5-13(11)14/h2-9H,1H3. The van der Waals surface area contributed by atoms with Gasteiger partial charge in [-0.25, -0.2) is 0 Å². The van der Waals surface area contributed by atoms with Crippen LogP contribution in [-0.4, -0.2) is 0 Å². The van der Waals surface area contributed by atoms with Gasteiger partial charge in [-0.2, -0.15) is 0 Å². The highest BCUT2D eigenvalue weighted by Gasteiger charge is 2.17. The van der Waals surface area contributed by atoms with Crippen LogP contribution >= 0.6 is 0 Å². The maximum absolute atomic E-state index is 2.26. The molecule has 0 heterocycles. The molecule has 0 fully saturated rings. The van der Waals surface area contributed by atoms with E-state index in [1.165, 1.54) is 27.8 Å². The smallest absolute Gasteiger partial charge is 0.0212 e. The molecular weight excluding hydrogens is 168 g/mol. The van der Waals surface area contributed by atoms with Crippen molar-refractivity contribution in [3.8, 4) is 11.1 Å². The minimum absolute atomic E-state index is 1.33. The zero-order valence-corrected chi connectivity index (χ0v) is 8.12. The lowest BCUT2D eigenvalue weighted by Gasteiger charge is -2.00. The summed E-state index contributed by atoms with van der Waals surface area (Å²) in [5, 5.41) is 0. The molecule has 0 unspecified atom stereocenters. The fraction of sp³-hybridized carbons (Fsp3) is 0.0714. The second-order valence-corrected chi connectivity index (χ2v) is 3.82. The highest BCUT2D eigenvalue weighted by Crippen LogP contribution is 2.37. The Morgan fingerprint density at radius 3 is 2.50 bits per heavy atom. The summed E-state index contributed by atoms with van der Waals surface area (Å²) in [6.07, 6.45) is 2.26. The van der Waals surface area contributed by atoms with Crippen LogP contribution in [0.1, 0.15) is 16.7 Å². The van der Waals surface area contributed by atoms with Crippen molar-refractivity contribution in [1.29, 1.82) is 0 Å². The van der Waals surface area contributed by atoms with Gasteiger partial charge in [0.1, 0.15) is 0 Å². The first-order valence-corrected chi connectivity index (χ1v) is 4.89. The molecule has 1 aliphatic rings. The molecular formula is C14H11. The van der Waals surface area contributed by atoms with Crippen LogP contribution in [0.3, 0.4) is 0 Å². The van der Waals surface area contributed by atoms with Crippen LogP contribution < -0.4 is 0 Å². The SMILES string of the molecule is Cc1ccc2c(c1)[CH]c1ccccc1-2. The van der Waals surface area contributed by atoms with Gasteiger partial charge in [0.2, 0.25) is 0 Å². The van der Waals surface area contributed by atoms with Crippen molar-refractivity contribution in [2.45, 2.75) is 6.92 Å². The molecule has 0 spiro atoms. The molecule has 2 aromatic carbocycles. The summed E-state index contributed by atoms with van der Waals surface area (Å²) in [4.78, 5) is 0. The third-order valence-electron chi connectivity index (χ3n) is 2.77. The first-order valence-electron chi connectivity index (χ1n) is 4.89. The van der Waals surface area contributed by atoms with E-state index in [4.69, 9.17) is 0 Å². The fourth-order valence-corrected chi connectivity index (χ4v) is 2.08. The van der Waals surface area contributed by atoms with E-state index in [1.807, 2.05) is 0 Å². The summed E-state index contributed by atoms with van der Waals surface area (Å²) in [7, 11) is 0. The first kappa shape index (κ1) is 7.81. The predicted octanol–water partition coefficient (Wildman–Crippen LogP) is 3.58. The van der Waals surface area contributed by atoms with Gasteiger partial charge >= 0.3 is 0 Å². The molecule has 0 aromatic heterocycles. The van der Waals surface area contributed by atoms with Gasteiger partial charge in [-0.1, -0.05) is 48.0 Å². The maximum Gasteiger partial charge on any atom is 0.0212 e. The van der Waals surface area contributed by atoms with E-state index in [9.17, 15) is 0 Å². The summed E-state index contributed by atoms with van der Waals surface area (Å²) >= 11 is 0. The van der Waals surface area contributed by atoms with Crippen molar-refractivity contribution in [2.24, 2.45) is 0 Å². The summed E-state index contributed by atoms with van der Waals surface area (Å²) in [5.74, 6) is 0. The van der Waals surface area contributed by atoms with Crippen LogP contribution in [0.5, 0.6) is 0 Å². The molecule has 0 N–H and O–H groups in total. The molecule has 0 saturated carbocycles. The molecule has 0 atom stereocenters. The number of hydrogen-bond donors (Lipinski definition) is 0. The van der Waals surface area contributed by atoms with Crippen molar-refractivity contribution in [3.05, 3.63) is 65.6 Å². The molecule has 0 amide bonds. The lowest BCUT2D eigenvalue weighted by Crippen LogP contribution is -1.79. The van der Waals surface area contributed by atoms with E-state index in [2.05, 4.69) is 55.8 Å². The molecule has 2 aromatic rings. The maximum atomic E-state index is 2.26. The minimum Gasteiger partial charge on any atom is -0.0619 e. The Bertz CT molecular complexity index is 495. The zero-order chi connectivity index (χ0) is 9.54. The normalized spacial score (nSPS) is 12.4. The minimum atomic E-state index is 1.33. The van der Waals surface area contributed by atoms with Crippen LogP contribution in [0.4, 0.5) is 0 Å². The lowest BCUT2D eigenvalue weighted by molar-refractivity contribution is 1.43. The third kappa shape index (κ3) is 1.00. The van der Waals surface area contributed by atoms with Crippen molar-refractivity contribution in [1.82, 2.24) is 0 Å². The fourth-order valence-electron chi connectivity index (χ4n) is 2.08. The van der Waals surface area contributed by atoms with E-state index in [0.717, 1.165) is 0 Å². The van der Waals surface area contributed by atoms with E-state index in [0.29, 0.717) is 0 Å². The largest absolute Gasteiger partial charge is 0.0619 e.